The first-order valence-electron chi connectivity index (χ1n) is 8.38. The van der Waals surface area contributed by atoms with Gasteiger partial charge >= 0.3 is 5.97 Å². The monoisotopic (exact) mass is 379 g/mol. The molecule has 2 aromatic carbocycles. The quantitative estimate of drug-likeness (QED) is 0.691. The van der Waals surface area contributed by atoms with Gasteiger partial charge in [0.05, 0.1) is 13.0 Å². The zero-order valence-electron chi connectivity index (χ0n) is 15.0. The number of halogens is 3. The minimum atomic E-state index is -1.12. The number of methoxy groups -OCH3 is 1. The highest BCUT2D eigenvalue weighted by Crippen LogP contribution is 2.14. The Hall–Kier alpha value is -2.83. The van der Waals surface area contributed by atoms with E-state index in [1.807, 2.05) is 0 Å². The summed E-state index contributed by atoms with van der Waals surface area (Å²) in [4.78, 5) is 25.8. The average molecular weight is 379 g/mol. The maximum absolute atomic E-state index is 13.5. The van der Waals surface area contributed by atoms with Gasteiger partial charge in [0, 0.05) is 18.7 Å². The fourth-order valence-corrected chi connectivity index (χ4v) is 2.61. The Labute approximate surface area is 155 Å². The highest BCUT2D eigenvalue weighted by atomic mass is 19.2. The summed E-state index contributed by atoms with van der Waals surface area (Å²) in [6.07, 6.45) is 0.406. The lowest BCUT2D eigenvalue weighted by molar-refractivity contribution is -0.145. The molecule has 0 saturated heterocycles. The molecule has 0 fully saturated rings. The van der Waals surface area contributed by atoms with Gasteiger partial charge in [-0.15, -0.1) is 0 Å². The van der Waals surface area contributed by atoms with Crippen molar-refractivity contribution in [2.45, 2.75) is 13.3 Å². The van der Waals surface area contributed by atoms with Crippen LogP contribution in [0.2, 0.25) is 0 Å². The SMILES string of the molecule is COC(=O)C(C)CN(CCc1ccc(F)cc1)C(=O)c1ccc(F)c(F)c1. The van der Waals surface area contributed by atoms with Crippen molar-refractivity contribution in [3.8, 4) is 0 Å². The number of benzene rings is 2. The van der Waals surface area contributed by atoms with Crippen LogP contribution in [0.3, 0.4) is 0 Å². The van der Waals surface area contributed by atoms with Crippen LogP contribution in [0.15, 0.2) is 42.5 Å². The van der Waals surface area contributed by atoms with Crippen molar-refractivity contribution in [1.29, 1.82) is 0 Å². The smallest absolute Gasteiger partial charge is 0.310 e. The van der Waals surface area contributed by atoms with Crippen molar-refractivity contribution in [3.63, 3.8) is 0 Å². The third-order valence-corrected chi connectivity index (χ3v) is 4.14. The number of amides is 1. The van der Waals surface area contributed by atoms with E-state index in [9.17, 15) is 22.8 Å². The number of hydrogen-bond acceptors (Lipinski definition) is 3. The van der Waals surface area contributed by atoms with Crippen molar-refractivity contribution in [3.05, 3.63) is 71.0 Å². The number of esters is 1. The molecule has 144 valence electrons. The molecule has 7 heteroatoms. The Morgan fingerprint density at radius 2 is 1.70 bits per heavy atom. The molecule has 0 aliphatic carbocycles. The topological polar surface area (TPSA) is 46.6 Å². The summed E-state index contributed by atoms with van der Waals surface area (Å²) in [6.45, 7) is 1.87. The van der Waals surface area contributed by atoms with Gasteiger partial charge in [-0.3, -0.25) is 9.59 Å². The molecular formula is C20H20F3NO3. The molecule has 0 spiro atoms. The van der Waals surface area contributed by atoms with E-state index in [1.165, 1.54) is 30.2 Å². The summed E-state index contributed by atoms with van der Waals surface area (Å²) in [5.74, 6) is -4.16. The van der Waals surface area contributed by atoms with Crippen LogP contribution in [-0.2, 0) is 16.0 Å². The van der Waals surface area contributed by atoms with Gasteiger partial charge < -0.3 is 9.64 Å². The van der Waals surface area contributed by atoms with Gasteiger partial charge in [-0.25, -0.2) is 13.2 Å². The van der Waals surface area contributed by atoms with Gasteiger partial charge in [0.1, 0.15) is 5.82 Å². The summed E-state index contributed by atoms with van der Waals surface area (Å²) in [7, 11) is 1.25. The predicted octanol–water partition coefficient (Wildman–Crippen LogP) is 3.60. The van der Waals surface area contributed by atoms with Crippen LogP contribution in [0.4, 0.5) is 13.2 Å². The lowest BCUT2D eigenvalue weighted by Gasteiger charge is -2.25. The first-order valence-corrected chi connectivity index (χ1v) is 8.38. The van der Waals surface area contributed by atoms with E-state index in [0.717, 1.165) is 17.7 Å². The second kappa shape index (κ2) is 9.21. The number of carbonyl (C=O) groups is 2. The Kier molecular flexibility index (Phi) is 6.98. The molecule has 1 amide bonds. The molecule has 2 rings (SSSR count). The van der Waals surface area contributed by atoms with Crippen molar-refractivity contribution in [2.24, 2.45) is 5.92 Å². The van der Waals surface area contributed by atoms with Crippen molar-refractivity contribution in [1.82, 2.24) is 4.90 Å². The zero-order chi connectivity index (χ0) is 20.0. The van der Waals surface area contributed by atoms with E-state index in [2.05, 4.69) is 4.74 Å². The van der Waals surface area contributed by atoms with Crippen LogP contribution in [-0.4, -0.2) is 37.0 Å². The molecule has 0 bridgehead atoms. The largest absolute Gasteiger partial charge is 0.469 e. The second-order valence-electron chi connectivity index (χ2n) is 6.18. The average Bonchev–Trinajstić information content (AvgIpc) is 2.67. The maximum atomic E-state index is 13.5. The van der Waals surface area contributed by atoms with Gasteiger partial charge in [-0.05, 0) is 42.3 Å². The number of ether oxygens (including phenoxy) is 1. The third-order valence-electron chi connectivity index (χ3n) is 4.14. The minimum absolute atomic E-state index is 0.0231. The molecule has 0 aliphatic rings. The minimum Gasteiger partial charge on any atom is -0.469 e. The van der Waals surface area contributed by atoms with E-state index in [4.69, 9.17) is 0 Å². The fourth-order valence-electron chi connectivity index (χ4n) is 2.61. The normalized spacial score (nSPS) is 11.7. The summed E-state index contributed by atoms with van der Waals surface area (Å²) in [6, 6.07) is 8.71. The highest BCUT2D eigenvalue weighted by molar-refractivity contribution is 5.94. The third kappa shape index (κ3) is 5.57. The summed E-state index contributed by atoms with van der Waals surface area (Å²) in [5.41, 5.74) is 0.773. The molecule has 1 atom stereocenters. The molecule has 4 nitrogen and oxygen atoms in total. The van der Waals surface area contributed by atoms with E-state index < -0.39 is 29.4 Å². The Morgan fingerprint density at radius 3 is 2.30 bits per heavy atom. The van der Waals surface area contributed by atoms with Crippen LogP contribution in [0.1, 0.15) is 22.8 Å². The second-order valence-corrected chi connectivity index (χ2v) is 6.18. The molecular weight excluding hydrogens is 359 g/mol. The van der Waals surface area contributed by atoms with E-state index in [0.29, 0.717) is 6.42 Å². The Balaban J connectivity index is 2.19. The number of carbonyl (C=O) groups excluding carboxylic acids is 2. The molecule has 0 heterocycles. The van der Waals surface area contributed by atoms with E-state index in [-0.39, 0.29) is 24.5 Å². The summed E-state index contributed by atoms with van der Waals surface area (Å²) >= 11 is 0. The first-order chi connectivity index (χ1) is 12.8. The zero-order valence-corrected chi connectivity index (χ0v) is 15.0. The fraction of sp³-hybridized carbons (Fsp3) is 0.300. The van der Waals surface area contributed by atoms with Gasteiger partial charge in [0.25, 0.3) is 5.91 Å². The van der Waals surface area contributed by atoms with Crippen LogP contribution in [0, 0.1) is 23.4 Å². The summed E-state index contributed by atoms with van der Waals surface area (Å²) in [5, 5.41) is 0. The Bertz CT molecular complexity index is 809. The van der Waals surface area contributed by atoms with E-state index >= 15 is 0 Å². The first kappa shape index (κ1) is 20.5. The highest BCUT2D eigenvalue weighted by Gasteiger charge is 2.23. The van der Waals surface area contributed by atoms with Crippen LogP contribution in [0.25, 0.3) is 0 Å². The van der Waals surface area contributed by atoms with Crippen molar-refractivity contribution >= 4 is 11.9 Å². The van der Waals surface area contributed by atoms with Gasteiger partial charge in [-0.1, -0.05) is 19.1 Å². The van der Waals surface area contributed by atoms with Crippen LogP contribution in [0.5, 0.6) is 0 Å². The summed E-state index contributed by atoms with van der Waals surface area (Å²) < 4.78 is 44.3. The van der Waals surface area contributed by atoms with Crippen molar-refractivity contribution < 1.29 is 27.5 Å². The number of rotatable bonds is 7. The molecule has 0 saturated carbocycles. The Morgan fingerprint density at radius 1 is 1.04 bits per heavy atom. The van der Waals surface area contributed by atoms with Crippen LogP contribution >= 0.6 is 0 Å². The molecule has 1 unspecified atom stereocenters. The molecule has 2 aromatic rings. The lowest BCUT2D eigenvalue weighted by atomic mass is 10.1. The molecule has 0 aliphatic heterocycles. The van der Waals surface area contributed by atoms with Gasteiger partial charge in [-0.2, -0.15) is 0 Å². The van der Waals surface area contributed by atoms with Gasteiger partial charge in [0.2, 0.25) is 0 Å². The number of hydrogen-bond donors (Lipinski definition) is 0. The van der Waals surface area contributed by atoms with Crippen molar-refractivity contribution in [2.75, 3.05) is 20.2 Å². The molecule has 0 radical (unpaired) electrons. The maximum Gasteiger partial charge on any atom is 0.310 e. The van der Waals surface area contributed by atoms with Gasteiger partial charge in [0.15, 0.2) is 11.6 Å². The van der Waals surface area contributed by atoms with Crippen LogP contribution < -0.4 is 0 Å². The number of nitrogens with zero attached hydrogens (tertiary/aromatic N) is 1. The molecule has 27 heavy (non-hydrogen) atoms. The lowest BCUT2D eigenvalue weighted by Crippen LogP contribution is -2.38. The predicted molar refractivity (Wildman–Crippen MR) is 93.5 cm³/mol. The van der Waals surface area contributed by atoms with E-state index in [1.54, 1.807) is 19.1 Å². The standard InChI is InChI=1S/C20H20F3NO3/c1-13(20(26)27-2)12-24(10-9-14-3-6-16(21)7-4-14)19(25)15-5-8-17(22)18(23)11-15/h3-8,11,13H,9-10,12H2,1-2H3. The molecule has 0 N–H and O–H groups in total. The molecule has 0 aromatic heterocycles.